The fourth-order valence-electron chi connectivity index (χ4n) is 2.31. The highest BCUT2D eigenvalue weighted by molar-refractivity contribution is 14.1. The van der Waals surface area contributed by atoms with Gasteiger partial charge in [-0.3, -0.25) is 20.2 Å². The van der Waals surface area contributed by atoms with Crippen LogP contribution in [0.4, 0.5) is 4.79 Å². The van der Waals surface area contributed by atoms with E-state index in [2.05, 4.69) is 45.2 Å². The molecule has 0 radical (unpaired) electrons. The Labute approximate surface area is 187 Å². The van der Waals surface area contributed by atoms with E-state index < -0.39 is 17.8 Å². The molecule has 0 aromatic heterocycles. The normalized spacial score (nSPS) is 13.9. The molecule has 1 heterocycles. The molecule has 0 spiro atoms. The van der Waals surface area contributed by atoms with Crippen LogP contribution in [0.25, 0.3) is 6.08 Å². The molecule has 0 saturated carbocycles. The molecule has 27 heavy (non-hydrogen) atoms. The number of hydrogen-bond donors (Lipinski definition) is 2. The van der Waals surface area contributed by atoms with Crippen molar-refractivity contribution in [3.8, 4) is 5.75 Å². The Morgan fingerprint density at radius 2 is 1.52 bits per heavy atom. The highest BCUT2D eigenvalue weighted by atomic mass is 127. The minimum absolute atomic E-state index is 0.129. The van der Waals surface area contributed by atoms with Crippen LogP contribution in [0.3, 0.4) is 0 Å². The number of hydrogen-bond acceptors (Lipinski definition) is 4. The van der Waals surface area contributed by atoms with E-state index in [1.807, 2.05) is 22.8 Å². The molecule has 0 aliphatic carbocycles. The summed E-state index contributed by atoms with van der Waals surface area (Å²) in [5.74, 6) is -0.741. The van der Waals surface area contributed by atoms with Gasteiger partial charge in [-0.1, -0.05) is 23.7 Å². The molecule has 4 amide bonds. The van der Waals surface area contributed by atoms with Crippen LogP contribution in [-0.2, 0) is 16.2 Å². The number of barbiturate groups is 1. The fraction of sp³-hybridized carbons (Fsp3) is 0.0556. The van der Waals surface area contributed by atoms with Crippen LogP contribution < -0.4 is 15.4 Å². The molecule has 6 nitrogen and oxygen atoms in total. The van der Waals surface area contributed by atoms with Crippen LogP contribution >= 0.6 is 56.8 Å². The molecule has 2 N–H and O–H groups in total. The van der Waals surface area contributed by atoms with E-state index in [0.29, 0.717) is 22.9 Å². The summed E-state index contributed by atoms with van der Waals surface area (Å²) in [6.45, 7) is 0.385. The van der Waals surface area contributed by atoms with Crippen LogP contribution in [0.5, 0.6) is 5.75 Å². The van der Waals surface area contributed by atoms with E-state index >= 15 is 0 Å². The molecular weight excluding hydrogens is 597 g/mol. The Hall–Kier alpha value is -1.66. The highest BCUT2D eigenvalue weighted by Gasteiger charge is 2.27. The summed E-state index contributed by atoms with van der Waals surface area (Å²) in [6, 6.07) is 10.2. The van der Waals surface area contributed by atoms with Gasteiger partial charge in [-0.05, 0) is 86.7 Å². The molecule has 138 valence electrons. The quantitative estimate of drug-likeness (QED) is 0.314. The first-order valence-corrected chi connectivity index (χ1v) is 10.1. The summed E-state index contributed by atoms with van der Waals surface area (Å²) >= 11 is 10.1. The monoisotopic (exact) mass is 608 g/mol. The summed E-state index contributed by atoms with van der Waals surface area (Å²) in [4.78, 5) is 34.8. The number of imide groups is 2. The largest absolute Gasteiger partial charge is 0.487 e. The lowest BCUT2D eigenvalue weighted by molar-refractivity contribution is -0.123. The first-order valence-electron chi connectivity index (χ1n) is 7.58. The van der Waals surface area contributed by atoms with Crippen molar-refractivity contribution in [2.75, 3.05) is 0 Å². The van der Waals surface area contributed by atoms with E-state index in [-0.39, 0.29) is 5.57 Å². The zero-order chi connectivity index (χ0) is 19.6. The highest BCUT2D eigenvalue weighted by Crippen LogP contribution is 2.30. The molecule has 2 aromatic rings. The number of nitrogens with one attached hydrogen (secondary N) is 2. The minimum atomic E-state index is -0.822. The standard InChI is InChI=1S/C18H11ClI2N2O4/c19-11-3-1-9(2-4-11)8-27-15-13(20)6-10(7-14(15)21)5-12-16(24)22-18(26)23-17(12)25/h1-7H,8H2,(H2,22,23,24,25,26). The van der Waals surface area contributed by atoms with Crippen LogP contribution in [0.15, 0.2) is 42.0 Å². The minimum Gasteiger partial charge on any atom is -0.487 e. The maximum atomic E-state index is 11.8. The maximum absolute atomic E-state index is 11.8. The summed E-state index contributed by atoms with van der Waals surface area (Å²) < 4.78 is 7.57. The van der Waals surface area contributed by atoms with Crippen molar-refractivity contribution >= 4 is 80.7 Å². The molecule has 1 saturated heterocycles. The molecule has 1 aliphatic heterocycles. The summed E-state index contributed by atoms with van der Waals surface area (Å²) in [7, 11) is 0. The molecule has 2 aromatic carbocycles. The number of urea groups is 1. The second-order valence-electron chi connectivity index (χ2n) is 5.52. The Morgan fingerprint density at radius 3 is 2.07 bits per heavy atom. The van der Waals surface area contributed by atoms with Gasteiger partial charge in [0.2, 0.25) is 0 Å². The number of halogens is 3. The Kier molecular flexibility index (Phi) is 6.37. The van der Waals surface area contributed by atoms with E-state index in [9.17, 15) is 14.4 Å². The topological polar surface area (TPSA) is 84.5 Å². The zero-order valence-corrected chi connectivity index (χ0v) is 18.6. The Bertz CT molecular complexity index is 929. The third kappa shape index (κ3) is 4.99. The zero-order valence-electron chi connectivity index (χ0n) is 13.5. The average Bonchev–Trinajstić information content (AvgIpc) is 2.59. The van der Waals surface area contributed by atoms with Crippen molar-refractivity contribution in [1.82, 2.24) is 10.6 Å². The van der Waals surface area contributed by atoms with Crippen molar-refractivity contribution in [2.24, 2.45) is 0 Å². The van der Waals surface area contributed by atoms with Gasteiger partial charge in [-0.2, -0.15) is 0 Å². The molecule has 9 heteroatoms. The second kappa shape index (κ2) is 8.57. The fourth-order valence-corrected chi connectivity index (χ4v) is 4.56. The van der Waals surface area contributed by atoms with Crippen molar-refractivity contribution in [3.63, 3.8) is 0 Å². The predicted octanol–water partition coefficient (Wildman–Crippen LogP) is 3.88. The van der Waals surface area contributed by atoms with Crippen molar-refractivity contribution in [1.29, 1.82) is 0 Å². The third-order valence-electron chi connectivity index (χ3n) is 3.57. The molecule has 1 aliphatic rings. The summed E-state index contributed by atoms with van der Waals surface area (Å²) in [5, 5.41) is 4.76. The summed E-state index contributed by atoms with van der Waals surface area (Å²) in [5.41, 5.74) is 1.51. The van der Waals surface area contributed by atoms with Gasteiger partial charge >= 0.3 is 6.03 Å². The van der Waals surface area contributed by atoms with E-state index in [4.69, 9.17) is 16.3 Å². The summed E-state index contributed by atoms with van der Waals surface area (Å²) in [6.07, 6.45) is 1.43. The molecule has 0 atom stereocenters. The third-order valence-corrected chi connectivity index (χ3v) is 5.43. The Morgan fingerprint density at radius 1 is 0.963 bits per heavy atom. The van der Waals surface area contributed by atoms with Gasteiger partial charge in [-0.25, -0.2) is 4.79 Å². The van der Waals surface area contributed by atoms with E-state index in [1.54, 1.807) is 24.3 Å². The van der Waals surface area contributed by atoms with Gasteiger partial charge in [0.1, 0.15) is 17.9 Å². The van der Waals surface area contributed by atoms with Crippen molar-refractivity contribution in [3.05, 3.63) is 65.3 Å². The SMILES string of the molecule is O=C1NC(=O)C(=Cc2cc(I)c(OCc3ccc(Cl)cc3)c(I)c2)C(=O)N1. The van der Waals surface area contributed by atoms with E-state index in [1.165, 1.54) is 6.08 Å². The Balaban J connectivity index is 1.81. The lowest BCUT2D eigenvalue weighted by Crippen LogP contribution is -2.51. The second-order valence-corrected chi connectivity index (χ2v) is 8.29. The first-order chi connectivity index (χ1) is 12.8. The smallest absolute Gasteiger partial charge is 0.328 e. The van der Waals surface area contributed by atoms with Crippen molar-refractivity contribution in [2.45, 2.75) is 6.61 Å². The van der Waals surface area contributed by atoms with Crippen LogP contribution in [-0.4, -0.2) is 17.8 Å². The van der Waals surface area contributed by atoms with Crippen molar-refractivity contribution < 1.29 is 19.1 Å². The predicted molar refractivity (Wildman–Crippen MR) is 117 cm³/mol. The number of ether oxygens (including phenoxy) is 1. The number of rotatable bonds is 4. The average molecular weight is 609 g/mol. The van der Waals surface area contributed by atoms with Crippen LogP contribution in [0, 0.1) is 7.14 Å². The number of benzene rings is 2. The maximum Gasteiger partial charge on any atom is 0.328 e. The van der Waals surface area contributed by atoms with Gasteiger partial charge in [-0.15, -0.1) is 0 Å². The van der Waals surface area contributed by atoms with E-state index in [0.717, 1.165) is 12.7 Å². The van der Waals surface area contributed by atoms with Gasteiger partial charge in [0.05, 0.1) is 7.14 Å². The molecule has 1 fully saturated rings. The van der Waals surface area contributed by atoms with Crippen LogP contribution in [0.2, 0.25) is 5.02 Å². The molecule has 3 rings (SSSR count). The lowest BCUT2D eigenvalue weighted by Gasteiger charge is -2.15. The molecule has 0 bridgehead atoms. The van der Waals surface area contributed by atoms with Gasteiger partial charge in [0, 0.05) is 5.02 Å². The molecule has 0 unspecified atom stereocenters. The molecular formula is C18H11ClI2N2O4. The number of amides is 4. The number of carbonyl (C=O) groups is 3. The lowest BCUT2D eigenvalue weighted by atomic mass is 10.1. The first kappa shape index (κ1) is 20.1. The van der Waals surface area contributed by atoms with Gasteiger partial charge < -0.3 is 4.74 Å². The van der Waals surface area contributed by atoms with Crippen LogP contribution in [0.1, 0.15) is 11.1 Å². The number of carbonyl (C=O) groups excluding carboxylic acids is 3. The van der Waals surface area contributed by atoms with Gasteiger partial charge in [0.25, 0.3) is 11.8 Å². The van der Waals surface area contributed by atoms with Gasteiger partial charge in [0.15, 0.2) is 0 Å².